The van der Waals surface area contributed by atoms with Crippen molar-refractivity contribution in [3.05, 3.63) is 0 Å². The normalized spacial score (nSPS) is 25.8. The van der Waals surface area contributed by atoms with Crippen molar-refractivity contribution in [1.82, 2.24) is 5.43 Å². The zero-order valence-corrected chi connectivity index (χ0v) is 8.59. The minimum atomic E-state index is 0.459. The summed E-state index contributed by atoms with van der Waals surface area (Å²) in [4.78, 5) is 0. The molecule has 1 rings (SSSR count). The third-order valence-corrected chi connectivity index (χ3v) is 2.85. The molecular weight excluding hydrogens is 164 g/mol. The van der Waals surface area contributed by atoms with Gasteiger partial charge < -0.3 is 4.74 Å². The Morgan fingerprint density at radius 2 is 2.46 bits per heavy atom. The highest BCUT2D eigenvalue weighted by molar-refractivity contribution is 4.76. The van der Waals surface area contributed by atoms with Gasteiger partial charge in [-0.05, 0) is 25.2 Å². The molecule has 0 amide bonds. The fourth-order valence-corrected chi connectivity index (χ4v) is 1.96. The molecule has 1 aliphatic heterocycles. The summed E-state index contributed by atoms with van der Waals surface area (Å²) in [7, 11) is 0. The molecule has 1 heterocycles. The molecule has 0 saturated carbocycles. The first-order valence-corrected chi connectivity index (χ1v) is 5.42. The fraction of sp³-hybridized carbons (Fsp3) is 1.00. The van der Waals surface area contributed by atoms with Gasteiger partial charge in [0.2, 0.25) is 0 Å². The third kappa shape index (κ3) is 3.63. The van der Waals surface area contributed by atoms with Crippen molar-refractivity contribution >= 4 is 0 Å². The van der Waals surface area contributed by atoms with Crippen LogP contribution >= 0.6 is 0 Å². The molecule has 1 aliphatic rings. The highest BCUT2D eigenvalue weighted by Gasteiger charge is 2.22. The predicted octanol–water partition coefficient (Wildman–Crippen LogP) is 1.44. The lowest BCUT2D eigenvalue weighted by Crippen LogP contribution is -2.43. The Balaban J connectivity index is 2.26. The van der Waals surface area contributed by atoms with Gasteiger partial charge in [0.15, 0.2) is 0 Å². The van der Waals surface area contributed by atoms with E-state index in [-0.39, 0.29) is 0 Å². The van der Waals surface area contributed by atoms with Gasteiger partial charge in [0.05, 0.1) is 6.61 Å². The maximum Gasteiger partial charge on any atom is 0.0509 e. The highest BCUT2D eigenvalue weighted by atomic mass is 16.5. The van der Waals surface area contributed by atoms with Crippen molar-refractivity contribution in [3.63, 3.8) is 0 Å². The molecule has 1 fully saturated rings. The number of rotatable bonds is 5. The molecular formula is C10H22N2O. The first-order valence-electron chi connectivity index (χ1n) is 5.42. The SMILES string of the molecule is CCCCC(NN)C1CCCOC1. The van der Waals surface area contributed by atoms with E-state index in [4.69, 9.17) is 10.6 Å². The number of hydrogen-bond acceptors (Lipinski definition) is 3. The molecule has 3 heteroatoms. The van der Waals surface area contributed by atoms with E-state index in [1.807, 2.05) is 0 Å². The van der Waals surface area contributed by atoms with Crippen molar-refractivity contribution < 1.29 is 4.74 Å². The van der Waals surface area contributed by atoms with E-state index in [0.717, 1.165) is 13.2 Å². The van der Waals surface area contributed by atoms with Gasteiger partial charge in [-0.2, -0.15) is 0 Å². The van der Waals surface area contributed by atoms with Crippen LogP contribution in [-0.2, 0) is 4.74 Å². The van der Waals surface area contributed by atoms with Crippen LogP contribution in [0.15, 0.2) is 0 Å². The Bertz CT molecular complexity index is 124. The Labute approximate surface area is 81.0 Å². The Morgan fingerprint density at radius 3 is 3.00 bits per heavy atom. The van der Waals surface area contributed by atoms with Crippen molar-refractivity contribution in [2.45, 2.75) is 45.1 Å². The largest absolute Gasteiger partial charge is 0.381 e. The van der Waals surface area contributed by atoms with Gasteiger partial charge in [0.1, 0.15) is 0 Å². The molecule has 13 heavy (non-hydrogen) atoms. The molecule has 0 aliphatic carbocycles. The van der Waals surface area contributed by atoms with Crippen LogP contribution in [0.25, 0.3) is 0 Å². The second-order valence-corrected chi connectivity index (χ2v) is 3.89. The molecule has 1 saturated heterocycles. The number of unbranched alkanes of at least 4 members (excludes halogenated alkanes) is 1. The minimum absolute atomic E-state index is 0.459. The van der Waals surface area contributed by atoms with Crippen molar-refractivity contribution in [1.29, 1.82) is 0 Å². The van der Waals surface area contributed by atoms with E-state index in [1.54, 1.807) is 0 Å². The molecule has 2 atom stereocenters. The van der Waals surface area contributed by atoms with Crippen molar-refractivity contribution in [2.24, 2.45) is 11.8 Å². The zero-order chi connectivity index (χ0) is 9.52. The Kier molecular flexibility index (Phi) is 5.35. The first kappa shape index (κ1) is 11.0. The lowest BCUT2D eigenvalue weighted by atomic mass is 9.91. The van der Waals surface area contributed by atoms with Crippen molar-refractivity contribution in [2.75, 3.05) is 13.2 Å². The molecule has 0 aromatic carbocycles. The maximum atomic E-state index is 5.54. The average molecular weight is 186 g/mol. The van der Waals surface area contributed by atoms with Crippen LogP contribution in [0, 0.1) is 5.92 Å². The summed E-state index contributed by atoms with van der Waals surface area (Å²) >= 11 is 0. The second-order valence-electron chi connectivity index (χ2n) is 3.89. The molecule has 0 radical (unpaired) electrons. The first-order chi connectivity index (χ1) is 6.38. The van der Waals surface area contributed by atoms with Gasteiger partial charge in [0.25, 0.3) is 0 Å². The lowest BCUT2D eigenvalue weighted by Gasteiger charge is -2.29. The topological polar surface area (TPSA) is 47.3 Å². The van der Waals surface area contributed by atoms with E-state index in [9.17, 15) is 0 Å². The number of ether oxygens (including phenoxy) is 1. The lowest BCUT2D eigenvalue weighted by molar-refractivity contribution is 0.0376. The third-order valence-electron chi connectivity index (χ3n) is 2.85. The summed E-state index contributed by atoms with van der Waals surface area (Å²) in [6.07, 6.45) is 6.13. The fourth-order valence-electron chi connectivity index (χ4n) is 1.96. The standard InChI is InChI=1S/C10H22N2O/c1-2-3-6-10(12-11)9-5-4-7-13-8-9/h9-10,12H,2-8,11H2,1H3. The molecule has 0 aromatic rings. The van der Waals surface area contributed by atoms with Crippen LogP contribution in [0.5, 0.6) is 0 Å². The minimum Gasteiger partial charge on any atom is -0.381 e. The Hall–Kier alpha value is -0.120. The monoisotopic (exact) mass is 186 g/mol. The smallest absolute Gasteiger partial charge is 0.0509 e. The van der Waals surface area contributed by atoms with Gasteiger partial charge in [-0.1, -0.05) is 19.8 Å². The van der Waals surface area contributed by atoms with Crippen LogP contribution < -0.4 is 11.3 Å². The summed E-state index contributed by atoms with van der Waals surface area (Å²) in [6, 6.07) is 0.459. The van der Waals surface area contributed by atoms with E-state index in [1.165, 1.54) is 32.1 Å². The van der Waals surface area contributed by atoms with Crippen molar-refractivity contribution in [3.8, 4) is 0 Å². The molecule has 0 bridgehead atoms. The number of hydrogen-bond donors (Lipinski definition) is 2. The van der Waals surface area contributed by atoms with Crippen LogP contribution in [0.3, 0.4) is 0 Å². The Morgan fingerprint density at radius 1 is 1.62 bits per heavy atom. The van der Waals surface area contributed by atoms with Crippen LogP contribution in [-0.4, -0.2) is 19.3 Å². The van der Waals surface area contributed by atoms with Gasteiger partial charge in [-0.3, -0.25) is 11.3 Å². The molecule has 0 aromatic heterocycles. The van der Waals surface area contributed by atoms with E-state index < -0.39 is 0 Å². The molecule has 0 spiro atoms. The molecule has 3 N–H and O–H groups in total. The van der Waals surface area contributed by atoms with Crippen LogP contribution in [0.1, 0.15) is 39.0 Å². The van der Waals surface area contributed by atoms with Crippen LogP contribution in [0.4, 0.5) is 0 Å². The quantitative estimate of drug-likeness (QED) is 0.504. The predicted molar refractivity (Wildman–Crippen MR) is 54.2 cm³/mol. The summed E-state index contributed by atoms with van der Waals surface area (Å²) < 4.78 is 5.45. The summed E-state index contributed by atoms with van der Waals surface area (Å²) in [5.41, 5.74) is 2.93. The van der Waals surface area contributed by atoms with Gasteiger partial charge in [0, 0.05) is 12.6 Å². The average Bonchev–Trinajstić information content (AvgIpc) is 2.21. The second kappa shape index (κ2) is 6.35. The summed E-state index contributed by atoms with van der Waals surface area (Å²) in [5, 5.41) is 0. The maximum absolute atomic E-state index is 5.54. The van der Waals surface area contributed by atoms with Gasteiger partial charge in [-0.25, -0.2) is 0 Å². The van der Waals surface area contributed by atoms with E-state index in [0.29, 0.717) is 12.0 Å². The molecule has 2 unspecified atom stereocenters. The van der Waals surface area contributed by atoms with Gasteiger partial charge >= 0.3 is 0 Å². The molecule has 3 nitrogen and oxygen atoms in total. The van der Waals surface area contributed by atoms with E-state index >= 15 is 0 Å². The highest BCUT2D eigenvalue weighted by Crippen LogP contribution is 2.20. The number of nitrogens with one attached hydrogen (secondary N) is 1. The summed E-state index contributed by atoms with van der Waals surface area (Å²) in [5.74, 6) is 6.17. The van der Waals surface area contributed by atoms with E-state index in [2.05, 4.69) is 12.3 Å². The van der Waals surface area contributed by atoms with Crippen LogP contribution in [0.2, 0.25) is 0 Å². The molecule has 78 valence electrons. The number of nitrogens with two attached hydrogens (primary N) is 1. The number of hydrazine groups is 1. The van der Waals surface area contributed by atoms with Gasteiger partial charge in [-0.15, -0.1) is 0 Å². The summed E-state index contributed by atoms with van der Waals surface area (Å²) in [6.45, 7) is 4.03. The zero-order valence-electron chi connectivity index (χ0n) is 8.59.